The van der Waals surface area contributed by atoms with Crippen LogP contribution in [0.3, 0.4) is 0 Å². The highest BCUT2D eigenvalue weighted by Crippen LogP contribution is 2.33. The summed E-state index contributed by atoms with van der Waals surface area (Å²) in [6.07, 6.45) is 2.90. The lowest BCUT2D eigenvalue weighted by Crippen LogP contribution is -2.34. The van der Waals surface area contributed by atoms with Crippen molar-refractivity contribution in [1.82, 2.24) is 10.3 Å². The third kappa shape index (κ3) is 5.30. The van der Waals surface area contributed by atoms with E-state index in [1.165, 1.54) is 6.20 Å². The van der Waals surface area contributed by atoms with Gasteiger partial charge in [-0.3, -0.25) is 4.79 Å². The smallest absolute Gasteiger partial charge is 0.258 e. The summed E-state index contributed by atoms with van der Waals surface area (Å²) < 4.78 is 11.8. The van der Waals surface area contributed by atoms with Crippen molar-refractivity contribution < 1.29 is 14.3 Å². The lowest BCUT2D eigenvalue weighted by atomic mass is 10.1. The second-order valence-electron chi connectivity index (χ2n) is 8.18. The van der Waals surface area contributed by atoms with Gasteiger partial charge in [0.25, 0.3) is 5.91 Å². The molecule has 1 aliphatic rings. The average molecular weight is 443 g/mol. The van der Waals surface area contributed by atoms with Gasteiger partial charge in [-0.2, -0.15) is 5.26 Å². The Balaban J connectivity index is 1.66. The van der Waals surface area contributed by atoms with Gasteiger partial charge in [0.15, 0.2) is 0 Å². The molecule has 1 amide bonds. The highest BCUT2D eigenvalue weighted by Gasteiger charge is 2.22. The third-order valence-electron chi connectivity index (χ3n) is 5.44. The van der Waals surface area contributed by atoms with E-state index in [9.17, 15) is 4.79 Å². The number of aromatic nitrogens is 1. The number of nitriles is 1. The minimum absolute atomic E-state index is 0.295. The summed E-state index contributed by atoms with van der Waals surface area (Å²) in [5.41, 5.74) is 4.78. The number of ether oxygens (including phenoxy) is 2. The zero-order chi connectivity index (χ0) is 23.4. The second kappa shape index (κ2) is 9.72. The van der Waals surface area contributed by atoms with Crippen LogP contribution in [0, 0.1) is 32.1 Å². The summed E-state index contributed by atoms with van der Waals surface area (Å²) in [4.78, 5) is 17.4. The summed E-state index contributed by atoms with van der Waals surface area (Å²) in [6, 6.07) is 15.0. The molecule has 2 aromatic carbocycles. The molecule has 2 heterocycles. The highest BCUT2D eigenvalue weighted by molar-refractivity contribution is 5.97. The van der Waals surface area contributed by atoms with Crippen LogP contribution >= 0.6 is 0 Å². The van der Waals surface area contributed by atoms with Gasteiger partial charge in [-0.15, -0.1) is 0 Å². The number of carbonyl (C=O) groups is 1. The number of pyridine rings is 1. The zero-order valence-electron chi connectivity index (χ0n) is 18.9. The molecule has 0 aliphatic carbocycles. The van der Waals surface area contributed by atoms with Gasteiger partial charge in [-0.05, 0) is 69.0 Å². The number of hydrogen-bond donors (Lipinski definition) is 2. The highest BCUT2D eigenvalue weighted by atomic mass is 16.5. The van der Waals surface area contributed by atoms with E-state index in [0.717, 1.165) is 35.2 Å². The molecular weight excluding hydrogens is 416 g/mol. The van der Waals surface area contributed by atoms with Crippen LogP contribution in [0.2, 0.25) is 0 Å². The van der Waals surface area contributed by atoms with Crippen LogP contribution in [0.4, 0.5) is 11.5 Å². The van der Waals surface area contributed by atoms with Crippen molar-refractivity contribution in [3.8, 4) is 17.6 Å². The van der Waals surface area contributed by atoms with Gasteiger partial charge in [0, 0.05) is 24.6 Å². The number of anilines is 2. The van der Waals surface area contributed by atoms with E-state index in [1.54, 1.807) is 30.3 Å². The third-order valence-corrected chi connectivity index (χ3v) is 5.44. The van der Waals surface area contributed by atoms with Crippen LogP contribution < -0.4 is 15.4 Å². The largest absolute Gasteiger partial charge is 0.456 e. The fourth-order valence-electron chi connectivity index (χ4n) is 3.89. The predicted molar refractivity (Wildman–Crippen MR) is 126 cm³/mol. The Labute approximate surface area is 193 Å². The molecule has 2 N–H and O–H groups in total. The van der Waals surface area contributed by atoms with Gasteiger partial charge in [0.1, 0.15) is 29.1 Å². The van der Waals surface area contributed by atoms with Crippen LogP contribution in [-0.4, -0.2) is 23.7 Å². The first-order chi connectivity index (χ1) is 15.9. The van der Waals surface area contributed by atoms with E-state index in [-0.39, 0.29) is 12.1 Å². The number of nitrogens with zero attached hydrogens (tertiary/aromatic N) is 2. The summed E-state index contributed by atoms with van der Waals surface area (Å²) >= 11 is 0. The fourth-order valence-corrected chi connectivity index (χ4v) is 3.89. The van der Waals surface area contributed by atoms with Gasteiger partial charge < -0.3 is 20.1 Å². The molecule has 0 saturated carbocycles. The van der Waals surface area contributed by atoms with Gasteiger partial charge in [0.2, 0.25) is 0 Å². The number of benzene rings is 2. The number of rotatable bonds is 6. The molecule has 1 saturated heterocycles. The molecule has 4 rings (SSSR count). The average Bonchev–Trinajstić information content (AvgIpc) is 3.30. The minimum Gasteiger partial charge on any atom is -0.456 e. The summed E-state index contributed by atoms with van der Waals surface area (Å²) in [6.45, 7) is 6.65. The van der Waals surface area contributed by atoms with Crippen LogP contribution in [-0.2, 0) is 4.74 Å². The quantitative estimate of drug-likeness (QED) is 0.539. The molecule has 1 unspecified atom stereocenters. The van der Waals surface area contributed by atoms with E-state index < -0.39 is 0 Å². The standard InChI is InChI=1S/C26H26N4O3/c1-16-11-17(2)25(18(3)12-16)33-22-13-23(29-20-8-6-19(14-27)7-9-20)28-15-21(22)26(31)30-24-5-4-10-32-24/h6-9,11-13,15,24H,4-5,10H2,1-3H3,(H,28,29)(H,30,31). The van der Waals surface area contributed by atoms with Crippen molar-refractivity contribution in [2.75, 3.05) is 11.9 Å². The van der Waals surface area contributed by atoms with Crippen LogP contribution in [0.5, 0.6) is 11.5 Å². The van der Waals surface area contributed by atoms with Crippen molar-refractivity contribution in [1.29, 1.82) is 5.26 Å². The molecular formula is C26H26N4O3. The van der Waals surface area contributed by atoms with Crippen molar-refractivity contribution >= 4 is 17.4 Å². The summed E-state index contributed by atoms with van der Waals surface area (Å²) in [5, 5.41) is 15.1. The number of nitrogens with one attached hydrogen (secondary N) is 2. The fraction of sp³-hybridized carbons (Fsp3) is 0.269. The number of carbonyl (C=O) groups excluding carboxylic acids is 1. The Bertz CT molecular complexity index is 1190. The molecule has 1 aliphatic heterocycles. The number of hydrogen-bond acceptors (Lipinski definition) is 6. The first-order valence-electron chi connectivity index (χ1n) is 10.9. The van der Waals surface area contributed by atoms with Crippen molar-refractivity contribution in [2.45, 2.75) is 39.8 Å². The molecule has 7 nitrogen and oxygen atoms in total. The Hall–Kier alpha value is -3.89. The van der Waals surface area contributed by atoms with E-state index >= 15 is 0 Å². The second-order valence-corrected chi connectivity index (χ2v) is 8.18. The molecule has 0 radical (unpaired) electrons. The molecule has 0 spiro atoms. The number of amides is 1. The molecule has 168 valence electrons. The number of aryl methyl sites for hydroxylation is 3. The molecule has 3 aromatic rings. The van der Waals surface area contributed by atoms with Crippen LogP contribution in [0.25, 0.3) is 0 Å². The Morgan fingerprint density at radius 1 is 1.15 bits per heavy atom. The van der Waals surface area contributed by atoms with E-state index in [4.69, 9.17) is 14.7 Å². The predicted octanol–water partition coefficient (Wildman–Crippen LogP) is 5.28. The minimum atomic E-state index is -0.301. The maximum absolute atomic E-state index is 13.0. The van der Waals surface area contributed by atoms with Crippen LogP contribution in [0.1, 0.15) is 45.5 Å². The Kier molecular flexibility index (Phi) is 6.57. The maximum atomic E-state index is 13.0. The van der Waals surface area contributed by atoms with Crippen LogP contribution in [0.15, 0.2) is 48.7 Å². The Morgan fingerprint density at radius 2 is 1.88 bits per heavy atom. The molecule has 1 atom stereocenters. The topological polar surface area (TPSA) is 96.3 Å². The van der Waals surface area contributed by atoms with Crippen molar-refractivity contribution in [3.63, 3.8) is 0 Å². The molecule has 1 fully saturated rings. The van der Waals surface area contributed by atoms with Gasteiger partial charge in [-0.25, -0.2) is 4.98 Å². The van der Waals surface area contributed by atoms with E-state index in [0.29, 0.717) is 35.1 Å². The van der Waals surface area contributed by atoms with Crippen molar-refractivity contribution in [3.05, 3.63) is 76.5 Å². The first kappa shape index (κ1) is 22.3. The molecule has 33 heavy (non-hydrogen) atoms. The van der Waals surface area contributed by atoms with Gasteiger partial charge in [-0.1, -0.05) is 17.7 Å². The monoisotopic (exact) mass is 442 g/mol. The maximum Gasteiger partial charge on any atom is 0.258 e. The normalized spacial score (nSPS) is 15.0. The molecule has 0 bridgehead atoms. The lowest BCUT2D eigenvalue weighted by Gasteiger charge is -2.18. The molecule has 7 heteroatoms. The van der Waals surface area contributed by atoms with E-state index in [2.05, 4.69) is 21.7 Å². The SMILES string of the molecule is Cc1cc(C)c(Oc2cc(Nc3ccc(C#N)cc3)ncc2C(=O)NC2CCCO2)c(C)c1. The van der Waals surface area contributed by atoms with Gasteiger partial charge in [0.05, 0.1) is 11.6 Å². The summed E-state index contributed by atoms with van der Waals surface area (Å²) in [5.74, 6) is 1.33. The first-order valence-corrected chi connectivity index (χ1v) is 10.9. The van der Waals surface area contributed by atoms with Crippen molar-refractivity contribution in [2.24, 2.45) is 0 Å². The molecule has 1 aromatic heterocycles. The zero-order valence-corrected chi connectivity index (χ0v) is 18.9. The summed E-state index contributed by atoms with van der Waals surface area (Å²) in [7, 11) is 0. The van der Waals surface area contributed by atoms with E-state index in [1.807, 2.05) is 32.9 Å². The lowest BCUT2D eigenvalue weighted by molar-refractivity contribution is 0.0638. The van der Waals surface area contributed by atoms with Gasteiger partial charge >= 0.3 is 0 Å². The Morgan fingerprint density at radius 3 is 2.52 bits per heavy atom.